The molecule has 0 saturated carbocycles. The molecular formula is C24H32N2O7. The molecule has 0 aliphatic carbocycles. The van der Waals surface area contributed by atoms with Crippen molar-refractivity contribution in [2.75, 3.05) is 20.0 Å². The van der Waals surface area contributed by atoms with Crippen LogP contribution in [-0.4, -0.2) is 53.3 Å². The van der Waals surface area contributed by atoms with E-state index in [-0.39, 0.29) is 25.4 Å². The molecule has 0 fully saturated rings. The molecule has 2 aromatic carbocycles. The molecule has 9 nitrogen and oxygen atoms in total. The lowest BCUT2D eigenvalue weighted by Gasteiger charge is -2.33. The molecule has 0 bridgehead atoms. The minimum absolute atomic E-state index is 0.0552. The third kappa shape index (κ3) is 8.23. The molecule has 5 N–H and O–H groups in total. The summed E-state index contributed by atoms with van der Waals surface area (Å²) < 4.78 is 10.8. The maximum absolute atomic E-state index is 12.6. The Hall–Kier alpha value is -2.82. The van der Waals surface area contributed by atoms with E-state index < -0.39 is 29.6 Å². The van der Waals surface area contributed by atoms with Crippen molar-refractivity contribution in [3.63, 3.8) is 0 Å². The molecule has 0 heterocycles. The summed E-state index contributed by atoms with van der Waals surface area (Å²) in [5.74, 6) is -1.61. The Morgan fingerprint density at radius 3 is 2.30 bits per heavy atom. The first kappa shape index (κ1) is 26.4. The van der Waals surface area contributed by atoms with Crippen molar-refractivity contribution in [3.05, 3.63) is 71.3 Å². The van der Waals surface area contributed by atoms with Crippen molar-refractivity contribution in [1.29, 1.82) is 0 Å². The van der Waals surface area contributed by atoms with Gasteiger partial charge in [0.2, 0.25) is 5.91 Å². The number of aromatic carboxylic acids is 1. The van der Waals surface area contributed by atoms with E-state index in [2.05, 4.69) is 5.32 Å². The summed E-state index contributed by atoms with van der Waals surface area (Å²) in [6.45, 7) is 4.24. The van der Waals surface area contributed by atoms with Gasteiger partial charge in [0.05, 0.1) is 17.6 Å². The summed E-state index contributed by atoms with van der Waals surface area (Å²) >= 11 is 0. The molecule has 0 aliphatic heterocycles. The van der Waals surface area contributed by atoms with Gasteiger partial charge in [-0.1, -0.05) is 49.4 Å². The number of benzene rings is 2. The van der Waals surface area contributed by atoms with Crippen molar-refractivity contribution in [2.24, 2.45) is 5.41 Å². The number of aliphatic hydroxyl groups is 1. The second-order valence-corrected chi connectivity index (χ2v) is 8.04. The number of aliphatic hydroxyl groups excluding tert-OH is 1. The van der Waals surface area contributed by atoms with Gasteiger partial charge in [0, 0.05) is 12.6 Å². The quantitative estimate of drug-likeness (QED) is 0.125. The van der Waals surface area contributed by atoms with Gasteiger partial charge in [-0.25, -0.2) is 10.3 Å². The largest absolute Gasteiger partial charge is 0.478 e. The van der Waals surface area contributed by atoms with Crippen LogP contribution in [0.25, 0.3) is 0 Å². The van der Waals surface area contributed by atoms with Gasteiger partial charge in [-0.2, -0.15) is 0 Å². The Labute approximate surface area is 193 Å². The molecule has 0 aromatic heterocycles. The highest BCUT2D eigenvalue weighted by atomic mass is 16.7. The minimum Gasteiger partial charge on any atom is -0.478 e. The SMILES string of the molecule is CCOCOC[C@H](CC(C)(Cc1ccccc1)C(=O)NO)NC(O)c1ccc(C(=O)O)cc1. The molecule has 3 atom stereocenters. The van der Waals surface area contributed by atoms with Crippen LogP contribution in [0.1, 0.15) is 48.0 Å². The lowest BCUT2D eigenvalue weighted by molar-refractivity contribution is -0.140. The van der Waals surface area contributed by atoms with Crippen molar-refractivity contribution in [3.8, 4) is 0 Å². The third-order valence-corrected chi connectivity index (χ3v) is 5.34. The van der Waals surface area contributed by atoms with Crippen molar-refractivity contribution < 1.29 is 34.5 Å². The number of hydrogen-bond donors (Lipinski definition) is 5. The average molecular weight is 461 g/mol. The van der Waals surface area contributed by atoms with E-state index in [4.69, 9.17) is 14.6 Å². The molecule has 2 aromatic rings. The second-order valence-electron chi connectivity index (χ2n) is 8.04. The van der Waals surface area contributed by atoms with Gasteiger partial charge < -0.3 is 19.7 Å². The predicted molar refractivity (Wildman–Crippen MR) is 121 cm³/mol. The number of amides is 1. The molecule has 0 saturated heterocycles. The zero-order valence-electron chi connectivity index (χ0n) is 18.9. The van der Waals surface area contributed by atoms with E-state index in [1.807, 2.05) is 37.3 Å². The molecule has 2 rings (SSSR count). The molecule has 180 valence electrons. The van der Waals surface area contributed by atoms with Gasteiger partial charge in [0.1, 0.15) is 13.0 Å². The highest BCUT2D eigenvalue weighted by Gasteiger charge is 2.36. The number of ether oxygens (including phenoxy) is 2. The Morgan fingerprint density at radius 1 is 1.06 bits per heavy atom. The Kier molecular flexibility index (Phi) is 10.4. The van der Waals surface area contributed by atoms with Crippen LogP contribution >= 0.6 is 0 Å². The maximum Gasteiger partial charge on any atom is 0.335 e. The van der Waals surface area contributed by atoms with Gasteiger partial charge >= 0.3 is 5.97 Å². The van der Waals surface area contributed by atoms with Crippen LogP contribution in [0.5, 0.6) is 0 Å². The molecule has 1 amide bonds. The number of carboxylic acid groups (broad SMARTS) is 1. The summed E-state index contributed by atoms with van der Waals surface area (Å²) in [7, 11) is 0. The van der Waals surface area contributed by atoms with Gasteiger partial charge in [0.25, 0.3) is 0 Å². The van der Waals surface area contributed by atoms with E-state index in [9.17, 15) is 19.9 Å². The Bertz CT molecular complexity index is 876. The van der Waals surface area contributed by atoms with E-state index >= 15 is 0 Å². The van der Waals surface area contributed by atoms with Crippen molar-refractivity contribution >= 4 is 11.9 Å². The molecule has 0 radical (unpaired) electrons. The average Bonchev–Trinajstić information content (AvgIpc) is 2.81. The second kappa shape index (κ2) is 13.0. The summed E-state index contributed by atoms with van der Waals surface area (Å²) in [5, 5.41) is 32.2. The van der Waals surface area contributed by atoms with Crippen LogP contribution < -0.4 is 10.8 Å². The summed E-state index contributed by atoms with van der Waals surface area (Å²) in [6.07, 6.45) is -0.551. The van der Waals surface area contributed by atoms with Crippen molar-refractivity contribution in [1.82, 2.24) is 10.8 Å². The lowest BCUT2D eigenvalue weighted by Crippen LogP contribution is -2.47. The van der Waals surface area contributed by atoms with E-state index in [0.717, 1.165) is 5.56 Å². The fourth-order valence-electron chi connectivity index (χ4n) is 3.60. The Balaban J connectivity index is 2.20. The first-order valence-electron chi connectivity index (χ1n) is 10.7. The molecule has 2 unspecified atom stereocenters. The zero-order chi connectivity index (χ0) is 24.3. The monoisotopic (exact) mass is 460 g/mol. The normalized spacial score (nSPS) is 14.8. The molecule has 33 heavy (non-hydrogen) atoms. The predicted octanol–water partition coefficient (Wildman–Crippen LogP) is 2.49. The maximum atomic E-state index is 12.6. The summed E-state index contributed by atoms with van der Waals surface area (Å²) in [5.41, 5.74) is 2.23. The number of carbonyl (C=O) groups excluding carboxylic acids is 1. The third-order valence-electron chi connectivity index (χ3n) is 5.34. The van der Waals surface area contributed by atoms with E-state index in [1.54, 1.807) is 12.4 Å². The topological polar surface area (TPSA) is 137 Å². The van der Waals surface area contributed by atoms with Crippen LogP contribution in [0, 0.1) is 5.41 Å². The van der Waals surface area contributed by atoms with Crippen LogP contribution in [0.3, 0.4) is 0 Å². The molecule has 0 aliphatic rings. The number of rotatable bonds is 14. The highest BCUT2D eigenvalue weighted by Crippen LogP contribution is 2.30. The van der Waals surface area contributed by atoms with Crippen LogP contribution in [0.2, 0.25) is 0 Å². The highest BCUT2D eigenvalue weighted by molar-refractivity contribution is 5.87. The number of nitrogens with one attached hydrogen (secondary N) is 2. The molecule has 9 heteroatoms. The fourth-order valence-corrected chi connectivity index (χ4v) is 3.60. The standard InChI is InChI=1S/C24H32N2O7/c1-3-32-16-33-15-20(25-21(27)18-9-11-19(12-10-18)22(28)29)14-24(2,23(30)26-31)13-17-7-5-4-6-8-17/h4-12,20-21,25,27,31H,3,13-16H2,1-2H3,(H,26,30)(H,28,29)/t20-,21?,24?/m0/s1. The first-order chi connectivity index (χ1) is 15.8. The Morgan fingerprint density at radius 2 is 1.73 bits per heavy atom. The van der Waals surface area contributed by atoms with Gasteiger partial charge in [-0.3, -0.25) is 15.3 Å². The van der Waals surface area contributed by atoms with Crippen molar-refractivity contribution in [2.45, 2.75) is 39.0 Å². The molecule has 0 spiro atoms. The van der Waals surface area contributed by atoms with Crippen LogP contribution in [0.4, 0.5) is 0 Å². The van der Waals surface area contributed by atoms with E-state index in [1.165, 1.54) is 24.3 Å². The van der Waals surface area contributed by atoms with Gasteiger partial charge in [-0.15, -0.1) is 0 Å². The van der Waals surface area contributed by atoms with E-state index in [0.29, 0.717) is 18.6 Å². The number of hydrogen-bond acceptors (Lipinski definition) is 7. The zero-order valence-corrected chi connectivity index (χ0v) is 18.9. The van der Waals surface area contributed by atoms with Crippen LogP contribution in [-0.2, 0) is 20.7 Å². The number of carboxylic acids is 1. The van der Waals surface area contributed by atoms with Crippen LogP contribution in [0.15, 0.2) is 54.6 Å². The first-order valence-corrected chi connectivity index (χ1v) is 10.7. The molecular weight excluding hydrogens is 428 g/mol. The fraction of sp³-hybridized carbons (Fsp3) is 0.417. The number of hydroxylamine groups is 1. The summed E-state index contributed by atoms with van der Waals surface area (Å²) in [4.78, 5) is 23.7. The van der Waals surface area contributed by atoms with Gasteiger partial charge in [0.15, 0.2) is 0 Å². The number of carbonyl (C=O) groups is 2. The smallest absolute Gasteiger partial charge is 0.335 e. The summed E-state index contributed by atoms with van der Waals surface area (Å²) in [6, 6.07) is 14.8. The minimum atomic E-state index is -1.13. The van der Waals surface area contributed by atoms with Gasteiger partial charge in [-0.05, 0) is 43.0 Å². The lowest BCUT2D eigenvalue weighted by atomic mass is 9.77.